The van der Waals surface area contributed by atoms with E-state index < -0.39 is 0 Å². The monoisotopic (exact) mass is 298 g/mol. The van der Waals surface area contributed by atoms with Gasteiger partial charge in [-0.05, 0) is 24.2 Å². The van der Waals surface area contributed by atoms with Gasteiger partial charge in [-0.3, -0.25) is 0 Å². The van der Waals surface area contributed by atoms with Crippen molar-refractivity contribution < 1.29 is 0 Å². The zero-order valence-electron chi connectivity index (χ0n) is 16.5. The number of unbranched alkanes of at least 4 members (excludes halogenated alkanes) is 4. The van der Waals surface area contributed by atoms with Crippen molar-refractivity contribution >= 4 is 0 Å². The van der Waals surface area contributed by atoms with Crippen LogP contribution in [-0.4, -0.2) is 0 Å². The van der Waals surface area contributed by atoms with Crippen molar-refractivity contribution in [2.45, 2.75) is 119 Å². The lowest BCUT2D eigenvalue weighted by molar-refractivity contribution is 0.509. The summed E-state index contributed by atoms with van der Waals surface area (Å²) in [6.45, 7) is 15.9. The third-order valence-corrected chi connectivity index (χ3v) is 4.80. The molecule has 3 atom stereocenters. The fraction of sp³-hybridized carbons (Fsp3) is 1.00. The van der Waals surface area contributed by atoms with Gasteiger partial charge in [-0.25, -0.2) is 0 Å². The van der Waals surface area contributed by atoms with Crippen molar-refractivity contribution in [3.63, 3.8) is 0 Å². The summed E-state index contributed by atoms with van der Waals surface area (Å²) in [5, 5.41) is 0. The molecule has 0 spiro atoms. The first-order chi connectivity index (χ1) is 10.1. The summed E-state index contributed by atoms with van der Waals surface area (Å²) < 4.78 is 0. The van der Waals surface area contributed by atoms with E-state index in [-0.39, 0.29) is 0 Å². The van der Waals surface area contributed by atoms with Crippen molar-refractivity contribution in [1.29, 1.82) is 0 Å². The first kappa shape index (κ1) is 23.3. The van der Waals surface area contributed by atoms with Gasteiger partial charge in [0.15, 0.2) is 0 Å². The molecule has 21 heavy (non-hydrogen) atoms. The molecule has 0 nitrogen and oxygen atoms in total. The zero-order chi connectivity index (χ0) is 16.5. The van der Waals surface area contributed by atoms with E-state index in [0.717, 1.165) is 17.8 Å². The van der Waals surface area contributed by atoms with Crippen LogP contribution in [0.15, 0.2) is 0 Å². The molecule has 3 unspecified atom stereocenters. The van der Waals surface area contributed by atoms with Gasteiger partial charge < -0.3 is 0 Å². The van der Waals surface area contributed by atoms with Crippen LogP contribution >= 0.6 is 0 Å². The van der Waals surface area contributed by atoms with Crippen molar-refractivity contribution in [2.75, 3.05) is 0 Å². The second-order valence-corrected chi connectivity index (χ2v) is 6.94. The standard InChI is InChI=1S/C7H14.2C7H16/c1-3-6-5-7(6)4-2;1-4-6-7(3)5-2;1-3-5-7-6-4-2/h6-7H,3-5H2,1-2H3;7H,4-6H2,1-3H3;3-7H2,1-2H3. The molecule has 130 valence electrons. The maximum atomic E-state index is 2.31. The van der Waals surface area contributed by atoms with Gasteiger partial charge in [0.1, 0.15) is 0 Å². The molecular formula is C21H46. The van der Waals surface area contributed by atoms with Crippen LogP contribution in [0.5, 0.6) is 0 Å². The molecule has 0 heterocycles. The highest BCUT2D eigenvalue weighted by Gasteiger charge is 2.32. The Balaban J connectivity index is 0. The fourth-order valence-corrected chi connectivity index (χ4v) is 2.68. The largest absolute Gasteiger partial charge is 0.0654 e. The Kier molecular flexibility index (Phi) is 20.0. The topological polar surface area (TPSA) is 0 Å². The zero-order valence-corrected chi connectivity index (χ0v) is 16.5. The van der Waals surface area contributed by atoms with E-state index in [9.17, 15) is 0 Å². The minimum absolute atomic E-state index is 0.949. The highest BCUT2D eigenvalue weighted by atomic mass is 14.4. The van der Waals surface area contributed by atoms with Crippen LogP contribution in [0.3, 0.4) is 0 Å². The quantitative estimate of drug-likeness (QED) is 0.376. The summed E-state index contributed by atoms with van der Waals surface area (Å²) in [5.74, 6) is 3.18. The fourth-order valence-electron chi connectivity index (χ4n) is 2.68. The Morgan fingerprint density at radius 1 is 0.714 bits per heavy atom. The Hall–Kier alpha value is 0. The van der Waals surface area contributed by atoms with Gasteiger partial charge in [0, 0.05) is 0 Å². The van der Waals surface area contributed by atoms with E-state index in [2.05, 4.69) is 48.5 Å². The highest BCUT2D eigenvalue weighted by molar-refractivity contribution is 4.83. The van der Waals surface area contributed by atoms with E-state index in [4.69, 9.17) is 0 Å². The van der Waals surface area contributed by atoms with Gasteiger partial charge in [0.25, 0.3) is 0 Å². The molecule has 0 aromatic heterocycles. The minimum atomic E-state index is 0.949. The Morgan fingerprint density at radius 3 is 1.38 bits per heavy atom. The van der Waals surface area contributed by atoms with Gasteiger partial charge >= 0.3 is 0 Å². The Labute approximate surface area is 137 Å². The molecule has 0 aromatic rings. The lowest BCUT2D eigenvalue weighted by atomic mass is 10.0. The predicted octanol–water partition coefficient (Wildman–Crippen LogP) is 8.25. The van der Waals surface area contributed by atoms with Crippen LogP contribution in [-0.2, 0) is 0 Å². The molecule has 1 fully saturated rings. The molecule has 1 aliphatic rings. The number of hydrogen-bond donors (Lipinski definition) is 0. The molecule has 0 aromatic carbocycles. The molecule has 0 radical (unpaired) electrons. The van der Waals surface area contributed by atoms with E-state index >= 15 is 0 Å². The molecule has 0 aliphatic heterocycles. The van der Waals surface area contributed by atoms with Crippen LogP contribution in [0, 0.1) is 17.8 Å². The molecule has 1 aliphatic carbocycles. The van der Waals surface area contributed by atoms with Crippen LogP contribution in [0.4, 0.5) is 0 Å². The molecule has 0 N–H and O–H groups in total. The molecular weight excluding hydrogens is 252 g/mol. The maximum Gasteiger partial charge on any atom is -0.0386 e. The van der Waals surface area contributed by atoms with Crippen LogP contribution in [0.2, 0.25) is 0 Å². The normalized spacial score (nSPS) is 20.7. The van der Waals surface area contributed by atoms with Crippen molar-refractivity contribution in [3.8, 4) is 0 Å². The molecule has 0 heteroatoms. The third kappa shape index (κ3) is 18.0. The number of rotatable bonds is 9. The van der Waals surface area contributed by atoms with E-state index in [1.807, 2.05) is 0 Å². The smallest absolute Gasteiger partial charge is 0.0386 e. The maximum absolute atomic E-state index is 2.31. The second-order valence-electron chi connectivity index (χ2n) is 6.94. The van der Waals surface area contributed by atoms with Gasteiger partial charge in [0.2, 0.25) is 0 Å². The summed E-state index contributed by atoms with van der Waals surface area (Å²) in [5.41, 5.74) is 0. The van der Waals surface area contributed by atoms with Crippen LogP contribution in [0.1, 0.15) is 119 Å². The number of hydrogen-bond acceptors (Lipinski definition) is 0. The molecule has 1 saturated carbocycles. The minimum Gasteiger partial charge on any atom is -0.0654 e. The Bertz CT molecular complexity index is 158. The summed E-state index contributed by atoms with van der Waals surface area (Å²) in [4.78, 5) is 0. The van der Waals surface area contributed by atoms with Crippen LogP contribution < -0.4 is 0 Å². The summed E-state index contributed by atoms with van der Waals surface area (Å²) in [6.07, 6.45) is 15.4. The molecule has 0 saturated heterocycles. The van der Waals surface area contributed by atoms with Gasteiger partial charge in [-0.1, -0.05) is 113 Å². The van der Waals surface area contributed by atoms with Crippen molar-refractivity contribution in [3.05, 3.63) is 0 Å². The van der Waals surface area contributed by atoms with Crippen molar-refractivity contribution in [2.24, 2.45) is 17.8 Å². The summed E-state index contributed by atoms with van der Waals surface area (Å²) in [7, 11) is 0. The van der Waals surface area contributed by atoms with E-state index in [1.165, 1.54) is 70.6 Å². The lowest BCUT2D eigenvalue weighted by Crippen LogP contribution is -1.88. The molecule has 0 bridgehead atoms. The third-order valence-electron chi connectivity index (χ3n) is 4.80. The predicted molar refractivity (Wildman–Crippen MR) is 101 cm³/mol. The van der Waals surface area contributed by atoms with Crippen LogP contribution in [0.25, 0.3) is 0 Å². The van der Waals surface area contributed by atoms with Gasteiger partial charge in [-0.2, -0.15) is 0 Å². The van der Waals surface area contributed by atoms with Gasteiger partial charge in [-0.15, -0.1) is 0 Å². The molecule has 0 amide bonds. The van der Waals surface area contributed by atoms with E-state index in [0.29, 0.717) is 0 Å². The first-order valence-electron chi connectivity index (χ1n) is 10.1. The summed E-state index contributed by atoms with van der Waals surface area (Å²) in [6, 6.07) is 0. The molecule has 1 rings (SSSR count). The Morgan fingerprint density at radius 2 is 1.19 bits per heavy atom. The average Bonchev–Trinajstić information content (AvgIpc) is 3.28. The lowest BCUT2D eigenvalue weighted by Gasteiger charge is -2.02. The van der Waals surface area contributed by atoms with E-state index in [1.54, 1.807) is 0 Å². The van der Waals surface area contributed by atoms with Crippen molar-refractivity contribution in [1.82, 2.24) is 0 Å². The second kappa shape index (κ2) is 18.1. The summed E-state index contributed by atoms with van der Waals surface area (Å²) >= 11 is 0. The highest BCUT2D eigenvalue weighted by Crippen LogP contribution is 2.42. The SMILES string of the molecule is CCC1CC1CC.CCCC(C)CC.CCCCCCC. The first-order valence-corrected chi connectivity index (χ1v) is 10.1. The van der Waals surface area contributed by atoms with Gasteiger partial charge in [0.05, 0.1) is 0 Å². The average molecular weight is 299 g/mol.